The van der Waals surface area contributed by atoms with E-state index in [0.717, 1.165) is 33.7 Å². The Hall–Kier alpha value is -0.920. The zero-order valence-electron chi connectivity index (χ0n) is 10.1. The summed E-state index contributed by atoms with van der Waals surface area (Å²) in [5.41, 5.74) is 0.924. The Balaban J connectivity index is 1.99. The molecule has 0 unspecified atom stereocenters. The summed E-state index contributed by atoms with van der Waals surface area (Å²) in [5, 5.41) is 17.6. The van der Waals surface area contributed by atoms with Crippen molar-refractivity contribution in [3.05, 3.63) is 10.7 Å². The molecule has 0 saturated heterocycles. The van der Waals surface area contributed by atoms with Crippen LogP contribution in [0, 0.1) is 12.8 Å². The number of hydrogen-bond donors (Lipinski definition) is 1. The molecule has 0 bridgehead atoms. The summed E-state index contributed by atoms with van der Waals surface area (Å²) in [6.07, 6.45) is 0. The average molecular weight is 269 g/mol. The molecule has 7 heteroatoms. The predicted molar refractivity (Wildman–Crippen MR) is 70.1 cm³/mol. The van der Waals surface area contributed by atoms with Crippen LogP contribution in [0.2, 0.25) is 0 Å². The molecule has 2 aromatic heterocycles. The maximum absolute atomic E-state index is 4.18. The van der Waals surface area contributed by atoms with Crippen LogP contribution >= 0.6 is 22.9 Å². The summed E-state index contributed by atoms with van der Waals surface area (Å²) >= 11 is 2.97. The second-order valence-corrected chi connectivity index (χ2v) is 6.03. The van der Waals surface area contributed by atoms with Gasteiger partial charge < -0.3 is 5.32 Å². The number of rotatable bonds is 5. The first-order chi connectivity index (χ1) is 8.16. The van der Waals surface area contributed by atoms with Gasteiger partial charge in [0.25, 0.3) is 0 Å². The van der Waals surface area contributed by atoms with Crippen molar-refractivity contribution >= 4 is 22.9 Å². The first kappa shape index (κ1) is 12.5. The highest BCUT2D eigenvalue weighted by Gasteiger charge is 2.12. The van der Waals surface area contributed by atoms with Crippen molar-refractivity contribution in [2.24, 2.45) is 5.92 Å². The summed E-state index contributed by atoms with van der Waals surface area (Å²) in [4.78, 5) is 1.03. The third kappa shape index (κ3) is 3.27. The van der Waals surface area contributed by atoms with E-state index < -0.39 is 0 Å². The van der Waals surface area contributed by atoms with E-state index in [1.165, 1.54) is 11.5 Å². The Kier molecular flexibility index (Phi) is 4.14. The first-order valence-corrected chi connectivity index (χ1v) is 7.08. The Bertz CT molecular complexity index is 477. The number of aromatic nitrogens is 4. The molecule has 2 aromatic rings. The van der Waals surface area contributed by atoms with Crippen LogP contribution in [-0.2, 0) is 6.54 Å². The molecule has 0 radical (unpaired) electrons. The molecular formula is C10H15N5S2. The number of nitrogens with zero attached hydrogens (tertiary/aromatic N) is 4. The minimum absolute atomic E-state index is 0.648. The quantitative estimate of drug-likeness (QED) is 0.900. The van der Waals surface area contributed by atoms with Gasteiger partial charge in [-0.3, -0.25) is 0 Å². The Morgan fingerprint density at radius 3 is 2.71 bits per heavy atom. The van der Waals surface area contributed by atoms with Crippen molar-refractivity contribution < 1.29 is 0 Å². The molecule has 0 aromatic carbocycles. The van der Waals surface area contributed by atoms with Crippen LogP contribution in [0.15, 0.2) is 0 Å². The second kappa shape index (κ2) is 5.61. The highest BCUT2D eigenvalue weighted by atomic mass is 32.1. The smallest absolute Gasteiger partial charge is 0.161 e. The first-order valence-electron chi connectivity index (χ1n) is 5.49. The normalized spacial score (nSPS) is 11.3. The molecule has 2 rings (SSSR count). The van der Waals surface area contributed by atoms with Crippen LogP contribution in [0.4, 0.5) is 0 Å². The van der Waals surface area contributed by atoms with Crippen LogP contribution < -0.4 is 5.32 Å². The fraction of sp³-hybridized carbons (Fsp3) is 0.600. The minimum atomic E-state index is 0.648. The predicted octanol–water partition coefficient (Wildman–Crippen LogP) is 2.11. The summed E-state index contributed by atoms with van der Waals surface area (Å²) in [6.45, 7) is 8.09. The van der Waals surface area contributed by atoms with Gasteiger partial charge in [0.2, 0.25) is 0 Å². The zero-order valence-corrected chi connectivity index (χ0v) is 11.7. The topological polar surface area (TPSA) is 63.6 Å². The minimum Gasteiger partial charge on any atom is -0.310 e. The largest absolute Gasteiger partial charge is 0.310 e. The molecule has 0 saturated carbocycles. The number of hydrogen-bond acceptors (Lipinski definition) is 7. The third-order valence-corrected chi connectivity index (χ3v) is 4.05. The molecule has 2 heterocycles. The molecule has 0 spiro atoms. The third-order valence-electron chi connectivity index (χ3n) is 2.14. The van der Waals surface area contributed by atoms with E-state index in [4.69, 9.17) is 0 Å². The SMILES string of the molecule is Cc1nnsc1-c1nnc(CNCC(C)C)s1. The lowest BCUT2D eigenvalue weighted by Crippen LogP contribution is -2.18. The molecular weight excluding hydrogens is 254 g/mol. The Morgan fingerprint density at radius 2 is 2.06 bits per heavy atom. The van der Waals surface area contributed by atoms with Crippen LogP contribution in [-0.4, -0.2) is 26.3 Å². The Labute approximate surface area is 108 Å². The van der Waals surface area contributed by atoms with Crippen molar-refractivity contribution in [2.45, 2.75) is 27.3 Å². The van der Waals surface area contributed by atoms with E-state index in [1.807, 2.05) is 6.92 Å². The molecule has 92 valence electrons. The lowest BCUT2D eigenvalue weighted by atomic mass is 10.2. The monoisotopic (exact) mass is 269 g/mol. The fourth-order valence-corrected chi connectivity index (χ4v) is 2.89. The maximum atomic E-state index is 4.18. The van der Waals surface area contributed by atoms with Crippen LogP contribution in [0.25, 0.3) is 9.88 Å². The molecule has 0 fully saturated rings. The molecule has 0 atom stereocenters. The van der Waals surface area contributed by atoms with E-state index in [0.29, 0.717) is 5.92 Å². The van der Waals surface area contributed by atoms with E-state index >= 15 is 0 Å². The fourth-order valence-electron chi connectivity index (χ4n) is 1.31. The van der Waals surface area contributed by atoms with Crippen LogP contribution in [0.1, 0.15) is 24.5 Å². The van der Waals surface area contributed by atoms with E-state index in [9.17, 15) is 0 Å². The van der Waals surface area contributed by atoms with Gasteiger partial charge in [0.15, 0.2) is 5.01 Å². The van der Waals surface area contributed by atoms with Gasteiger partial charge in [-0.05, 0) is 30.9 Å². The maximum Gasteiger partial charge on any atom is 0.161 e. The Morgan fingerprint density at radius 1 is 1.24 bits per heavy atom. The van der Waals surface area contributed by atoms with Crippen molar-refractivity contribution in [2.75, 3.05) is 6.54 Å². The standard InChI is InChI=1S/C10H15N5S2/c1-6(2)4-11-5-8-13-14-10(16-8)9-7(3)12-15-17-9/h6,11H,4-5H2,1-3H3. The highest BCUT2D eigenvalue weighted by Crippen LogP contribution is 2.28. The van der Waals surface area contributed by atoms with E-state index in [-0.39, 0.29) is 0 Å². The van der Waals surface area contributed by atoms with Gasteiger partial charge in [0.1, 0.15) is 9.88 Å². The molecule has 1 N–H and O–H groups in total. The summed E-state index contributed by atoms with van der Waals surface area (Å²) in [7, 11) is 0. The van der Waals surface area contributed by atoms with Gasteiger partial charge in [0.05, 0.1) is 5.69 Å². The zero-order chi connectivity index (χ0) is 12.3. The summed E-state index contributed by atoms with van der Waals surface area (Å²) in [6, 6.07) is 0. The average Bonchev–Trinajstić information content (AvgIpc) is 2.86. The van der Waals surface area contributed by atoms with E-state index in [1.54, 1.807) is 11.3 Å². The second-order valence-electron chi connectivity index (χ2n) is 4.21. The van der Waals surface area contributed by atoms with Gasteiger partial charge in [0, 0.05) is 6.54 Å². The lowest BCUT2D eigenvalue weighted by molar-refractivity contribution is 0.550. The van der Waals surface area contributed by atoms with Gasteiger partial charge in [-0.1, -0.05) is 29.7 Å². The van der Waals surface area contributed by atoms with Crippen LogP contribution in [0.3, 0.4) is 0 Å². The number of nitrogens with one attached hydrogen (secondary N) is 1. The molecule has 0 aliphatic carbocycles. The highest BCUT2D eigenvalue weighted by molar-refractivity contribution is 7.19. The molecule has 0 aliphatic heterocycles. The molecule has 5 nitrogen and oxygen atoms in total. The van der Waals surface area contributed by atoms with Gasteiger partial charge in [-0.25, -0.2) is 0 Å². The van der Waals surface area contributed by atoms with E-state index in [2.05, 4.69) is 38.9 Å². The van der Waals surface area contributed by atoms with Gasteiger partial charge >= 0.3 is 0 Å². The molecule has 0 amide bonds. The molecule has 17 heavy (non-hydrogen) atoms. The molecule has 0 aliphatic rings. The van der Waals surface area contributed by atoms with Crippen molar-refractivity contribution in [3.63, 3.8) is 0 Å². The lowest BCUT2D eigenvalue weighted by Gasteiger charge is -2.03. The number of aryl methyl sites for hydroxylation is 1. The van der Waals surface area contributed by atoms with Gasteiger partial charge in [-0.15, -0.1) is 15.3 Å². The van der Waals surface area contributed by atoms with Crippen LogP contribution in [0.5, 0.6) is 0 Å². The van der Waals surface area contributed by atoms with Gasteiger partial charge in [-0.2, -0.15) is 0 Å². The van der Waals surface area contributed by atoms with Crippen molar-refractivity contribution in [1.29, 1.82) is 0 Å². The van der Waals surface area contributed by atoms with Crippen molar-refractivity contribution in [1.82, 2.24) is 25.1 Å². The van der Waals surface area contributed by atoms with Crippen molar-refractivity contribution in [3.8, 4) is 9.88 Å². The summed E-state index contributed by atoms with van der Waals surface area (Å²) < 4.78 is 3.91. The summed E-state index contributed by atoms with van der Waals surface area (Å²) in [5.74, 6) is 0.648.